The molecule has 1 aliphatic carbocycles. The van der Waals surface area contributed by atoms with E-state index in [1.54, 1.807) is 0 Å². The molecule has 4 heteroatoms. The molecule has 1 saturated carbocycles. The van der Waals surface area contributed by atoms with Crippen LogP contribution in [0.2, 0.25) is 5.02 Å². The highest BCUT2D eigenvalue weighted by Gasteiger charge is 2.23. The molecule has 1 aliphatic rings. The number of aromatic nitrogens is 1. The molecule has 2 aromatic rings. The summed E-state index contributed by atoms with van der Waals surface area (Å²) in [6.45, 7) is 2.41. The van der Waals surface area contributed by atoms with E-state index in [0.29, 0.717) is 12.6 Å². The summed E-state index contributed by atoms with van der Waals surface area (Å²) in [6.07, 6.45) is 4.29. The molecule has 0 spiro atoms. The third kappa shape index (κ3) is 2.28. The first-order valence-corrected chi connectivity index (χ1v) is 6.96. The zero-order valence-electron chi connectivity index (χ0n) is 11.2. The zero-order chi connectivity index (χ0) is 13.6. The van der Waals surface area contributed by atoms with Gasteiger partial charge in [-0.1, -0.05) is 17.7 Å². The monoisotopic (exact) mass is 276 g/mol. The first-order chi connectivity index (χ1) is 9.08. The van der Waals surface area contributed by atoms with Gasteiger partial charge in [0.05, 0.1) is 12.1 Å². The van der Waals surface area contributed by atoms with Crippen molar-refractivity contribution in [3.8, 4) is 0 Å². The number of carbonyl (C=O) groups excluding carboxylic acids is 1. The van der Waals surface area contributed by atoms with Gasteiger partial charge in [0.2, 0.25) is 0 Å². The number of hydrogen-bond donors (Lipinski definition) is 1. The van der Waals surface area contributed by atoms with Crippen molar-refractivity contribution in [2.75, 3.05) is 6.54 Å². The average Bonchev–Trinajstić information content (AvgIpc) is 3.14. The van der Waals surface area contributed by atoms with Crippen LogP contribution in [0.4, 0.5) is 0 Å². The predicted molar refractivity (Wildman–Crippen MR) is 78.0 cm³/mol. The van der Waals surface area contributed by atoms with Crippen molar-refractivity contribution < 1.29 is 4.79 Å². The minimum atomic E-state index is 0.152. The molecular formula is C15H17ClN2O. The molecule has 0 aliphatic heterocycles. The van der Waals surface area contributed by atoms with Gasteiger partial charge in [0.15, 0.2) is 5.78 Å². The van der Waals surface area contributed by atoms with Gasteiger partial charge in [-0.25, -0.2) is 0 Å². The number of aryl methyl sites for hydroxylation is 2. The fourth-order valence-electron chi connectivity index (χ4n) is 2.52. The molecule has 0 amide bonds. The van der Waals surface area contributed by atoms with Crippen LogP contribution < -0.4 is 5.32 Å². The van der Waals surface area contributed by atoms with E-state index in [1.165, 1.54) is 12.8 Å². The Hall–Kier alpha value is -1.32. The second-order valence-corrected chi connectivity index (χ2v) is 5.71. The Kier molecular flexibility index (Phi) is 3.11. The number of benzene rings is 1. The van der Waals surface area contributed by atoms with Crippen LogP contribution in [0.5, 0.6) is 0 Å². The summed E-state index contributed by atoms with van der Waals surface area (Å²) >= 11 is 6.15. The second-order valence-electron chi connectivity index (χ2n) is 5.30. The lowest BCUT2D eigenvalue weighted by Crippen LogP contribution is -2.24. The highest BCUT2D eigenvalue weighted by molar-refractivity contribution is 6.32. The van der Waals surface area contributed by atoms with Gasteiger partial charge in [0, 0.05) is 35.3 Å². The standard InChI is InChI=1S/C15H17ClN2O/c1-9-13(16)6-5-11-12(8-18(2)15(9)11)14(19)7-17-10-3-4-10/h5-6,8,10,17H,3-4,7H2,1-2H3. The number of fused-ring (bicyclic) bond motifs is 1. The summed E-state index contributed by atoms with van der Waals surface area (Å²) < 4.78 is 1.99. The van der Waals surface area contributed by atoms with Gasteiger partial charge in [-0.2, -0.15) is 0 Å². The maximum Gasteiger partial charge on any atom is 0.178 e. The Morgan fingerprint density at radius 2 is 2.21 bits per heavy atom. The zero-order valence-corrected chi connectivity index (χ0v) is 11.9. The lowest BCUT2D eigenvalue weighted by atomic mass is 10.1. The number of carbonyl (C=O) groups is 1. The maximum absolute atomic E-state index is 12.3. The molecule has 1 fully saturated rings. The summed E-state index contributed by atoms with van der Waals surface area (Å²) in [5.74, 6) is 0.152. The molecule has 0 atom stereocenters. The summed E-state index contributed by atoms with van der Waals surface area (Å²) in [5, 5.41) is 5.00. The lowest BCUT2D eigenvalue weighted by Gasteiger charge is -2.04. The first-order valence-electron chi connectivity index (χ1n) is 6.58. The Bertz CT molecular complexity index is 656. The predicted octanol–water partition coefficient (Wildman–Crippen LogP) is 3.07. The Labute approximate surface area is 117 Å². The number of Topliss-reactive ketones (excluding diaryl/α,β-unsaturated/α-hetero) is 1. The van der Waals surface area contributed by atoms with Crippen LogP contribution in [-0.2, 0) is 7.05 Å². The summed E-state index contributed by atoms with van der Waals surface area (Å²) in [4.78, 5) is 12.3. The number of ketones is 1. The maximum atomic E-state index is 12.3. The highest BCUT2D eigenvalue weighted by atomic mass is 35.5. The largest absolute Gasteiger partial charge is 0.350 e. The number of halogens is 1. The molecule has 3 rings (SSSR count). The molecule has 1 N–H and O–H groups in total. The highest BCUT2D eigenvalue weighted by Crippen LogP contribution is 2.29. The van der Waals surface area contributed by atoms with E-state index in [4.69, 9.17) is 11.6 Å². The van der Waals surface area contributed by atoms with E-state index < -0.39 is 0 Å². The Balaban J connectivity index is 1.99. The molecule has 1 heterocycles. The van der Waals surface area contributed by atoms with E-state index >= 15 is 0 Å². The summed E-state index contributed by atoms with van der Waals surface area (Å²) in [7, 11) is 1.96. The van der Waals surface area contributed by atoms with Crippen molar-refractivity contribution >= 4 is 28.3 Å². The van der Waals surface area contributed by atoms with Crippen molar-refractivity contribution in [2.24, 2.45) is 7.05 Å². The van der Waals surface area contributed by atoms with E-state index in [2.05, 4.69) is 5.32 Å². The minimum absolute atomic E-state index is 0.152. The minimum Gasteiger partial charge on any atom is -0.350 e. The molecule has 0 unspecified atom stereocenters. The molecule has 1 aromatic heterocycles. The smallest absolute Gasteiger partial charge is 0.178 e. The van der Waals surface area contributed by atoms with Gasteiger partial charge in [-0.05, 0) is 31.4 Å². The van der Waals surface area contributed by atoms with E-state index in [1.807, 2.05) is 36.9 Å². The van der Waals surface area contributed by atoms with Crippen molar-refractivity contribution in [3.05, 3.63) is 34.5 Å². The molecule has 0 bridgehead atoms. The Morgan fingerprint density at radius 3 is 2.89 bits per heavy atom. The molecule has 100 valence electrons. The summed E-state index contributed by atoms with van der Waals surface area (Å²) in [5.41, 5.74) is 2.85. The van der Waals surface area contributed by atoms with Gasteiger partial charge in [-0.15, -0.1) is 0 Å². The van der Waals surface area contributed by atoms with Gasteiger partial charge in [0.1, 0.15) is 0 Å². The fourth-order valence-corrected chi connectivity index (χ4v) is 2.67. The van der Waals surface area contributed by atoms with Gasteiger partial charge >= 0.3 is 0 Å². The van der Waals surface area contributed by atoms with Crippen LogP contribution >= 0.6 is 11.6 Å². The average molecular weight is 277 g/mol. The quantitative estimate of drug-likeness (QED) is 0.871. The topological polar surface area (TPSA) is 34.0 Å². The Morgan fingerprint density at radius 1 is 1.47 bits per heavy atom. The number of hydrogen-bond acceptors (Lipinski definition) is 2. The van der Waals surface area contributed by atoms with Gasteiger partial charge in [-0.3, -0.25) is 4.79 Å². The van der Waals surface area contributed by atoms with Crippen molar-refractivity contribution in [2.45, 2.75) is 25.8 Å². The molecule has 0 radical (unpaired) electrons. The molecular weight excluding hydrogens is 260 g/mol. The summed E-state index contributed by atoms with van der Waals surface area (Å²) in [6, 6.07) is 4.36. The molecule has 19 heavy (non-hydrogen) atoms. The molecule has 1 aromatic carbocycles. The first kappa shape index (κ1) is 12.7. The number of rotatable bonds is 4. The number of nitrogens with zero attached hydrogens (tertiary/aromatic N) is 1. The van der Waals surface area contributed by atoms with Crippen molar-refractivity contribution in [3.63, 3.8) is 0 Å². The third-order valence-electron chi connectivity index (χ3n) is 3.76. The van der Waals surface area contributed by atoms with Gasteiger partial charge in [0.25, 0.3) is 0 Å². The van der Waals surface area contributed by atoms with Crippen LogP contribution in [-0.4, -0.2) is 22.9 Å². The second kappa shape index (κ2) is 4.66. The molecule has 3 nitrogen and oxygen atoms in total. The van der Waals surface area contributed by atoms with E-state index in [0.717, 1.165) is 27.1 Å². The van der Waals surface area contributed by atoms with Crippen molar-refractivity contribution in [1.29, 1.82) is 0 Å². The third-order valence-corrected chi connectivity index (χ3v) is 4.17. The van der Waals surface area contributed by atoms with Crippen LogP contribution in [0.3, 0.4) is 0 Å². The van der Waals surface area contributed by atoms with Crippen LogP contribution in [0, 0.1) is 6.92 Å². The SMILES string of the molecule is Cc1c(Cl)ccc2c(C(=O)CNC3CC3)cn(C)c12. The molecule has 0 saturated heterocycles. The van der Waals surface area contributed by atoms with E-state index in [-0.39, 0.29) is 5.78 Å². The lowest BCUT2D eigenvalue weighted by molar-refractivity contribution is 0.0992. The fraction of sp³-hybridized carbons (Fsp3) is 0.400. The number of nitrogens with one attached hydrogen (secondary N) is 1. The van der Waals surface area contributed by atoms with Crippen LogP contribution in [0.25, 0.3) is 10.9 Å². The normalized spacial score (nSPS) is 15.1. The van der Waals surface area contributed by atoms with Gasteiger partial charge < -0.3 is 9.88 Å². The van der Waals surface area contributed by atoms with E-state index in [9.17, 15) is 4.79 Å². The van der Waals surface area contributed by atoms with Crippen LogP contribution in [0.15, 0.2) is 18.3 Å². The van der Waals surface area contributed by atoms with Crippen LogP contribution in [0.1, 0.15) is 28.8 Å². The van der Waals surface area contributed by atoms with Crippen molar-refractivity contribution in [1.82, 2.24) is 9.88 Å².